The lowest BCUT2D eigenvalue weighted by atomic mass is 10.0. The summed E-state index contributed by atoms with van der Waals surface area (Å²) in [4.78, 5) is 14.8. The minimum absolute atomic E-state index is 0.00259. The Bertz CT molecular complexity index is 445. The monoisotopic (exact) mass is 263 g/mol. The van der Waals surface area contributed by atoms with Gasteiger partial charge in [0, 0.05) is 19.1 Å². The molecule has 1 aliphatic heterocycles. The topological polar surface area (TPSA) is 38.8 Å². The molecule has 4 nitrogen and oxygen atoms in total. The van der Waals surface area contributed by atoms with Crippen LogP contribution in [-0.4, -0.2) is 49.6 Å². The van der Waals surface area contributed by atoms with E-state index in [1.807, 2.05) is 12.1 Å². The highest BCUT2D eigenvalue weighted by Crippen LogP contribution is 2.21. The smallest absolute Gasteiger partial charge is 0.196 e. The van der Waals surface area contributed by atoms with E-state index in [9.17, 15) is 4.79 Å². The number of ether oxygens (including phenoxy) is 2. The molecule has 1 aliphatic rings. The number of carbonyl (C=O) groups is 1. The largest absolute Gasteiger partial charge is 0.496 e. The second-order valence-electron chi connectivity index (χ2n) is 5.01. The van der Waals surface area contributed by atoms with Gasteiger partial charge in [0.05, 0.1) is 19.3 Å². The average molecular weight is 263 g/mol. The third-order valence-electron chi connectivity index (χ3n) is 3.49. The molecule has 0 amide bonds. The average Bonchev–Trinajstić information content (AvgIpc) is 2.46. The Kier molecular flexibility index (Phi) is 4.56. The predicted molar refractivity (Wildman–Crippen MR) is 73.8 cm³/mol. The predicted octanol–water partition coefficient (Wildman–Crippen LogP) is 1.99. The molecule has 0 bridgehead atoms. The number of ketones is 1. The van der Waals surface area contributed by atoms with Crippen LogP contribution in [0.5, 0.6) is 5.75 Å². The first-order valence-electron chi connectivity index (χ1n) is 6.66. The van der Waals surface area contributed by atoms with Crippen LogP contribution in [0.3, 0.4) is 0 Å². The summed E-state index contributed by atoms with van der Waals surface area (Å²) in [7, 11) is 1.58. The molecule has 0 spiro atoms. The Labute approximate surface area is 114 Å². The maximum atomic E-state index is 12.5. The Morgan fingerprint density at radius 3 is 2.84 bits per heavy atom. The van der Waals surface area contributed by atoms with Crippen molar-refractivity contribution in [2.75, 3.05) is 26.8 Å². The molecule has 4 heteroatoms. The number of para-hydroxylation sites is 1. The fourth-order valence-electron chi connectivity index (χ4n) is 2.32. The maximum absolute atomic E-state index is 12.5. The minimum atomic E-state index is -0.396. The molecular formula is C15H21NO3. The summed E-state index contributed by atoms with van der Waals surface area (Å²) in [5.74, 6) is 0.612. The van der Waals surface area contributed by atoms with Crippen LogP contribution in [0.15, 0.2) is 24.3 Å². The van der Waals surface area contributed by atoms with Crippen molar-refractivity contribution in [3.8, 4) is 5.75 Å². The number of hydrogen-bond acceptors (Lipinski definition) is 4. The number of carbonyl (C=O) groups excluding carboxylic acids is 1. The summed E-state index contributed by atoms with van der Waals surface area (Å²) in [5.41, 5.74) is 0.598. The van der Waals surface area contributed by atoms with Crippen LogP contribution in [0.2, 0.25) is 0 Å². The quantitative estimate of drug-likeness (QED) is 0.779. The van der Waals surface area contributed by atoms with Crippen LogP contribution in [0, 0.1) is 0 Å². The van der Waals surface area contributed by atoms with Crippen molar-refractivity contribution in [2.45, 2.75) is 26.0 Å². The van der Waals surface area contributed by atoms with Crippen molar-refractivity contribution in [3.05, 3.63) is 29.8 Å². The van der Waals surface area contributed by atoms with Crippen molar-refractivity contribution in [1.82, 2.24) is 4.90 Å². The van der Waals surface area contributed by atoms with Gasteiger partial charge in [0.25, 0.3) is 0 Å². The lowest BCUT2D eigenvalue weighted by Gasteiger charge is -2.34. The molecule has 104 valence electrons. The first-order valence-corrected chi connectivity index (χ1v) is 6.66. The van der Waals surface area contributed by atoms with E-state index in [0.717, 1.165) is 6.54 Å². The van der Waals surface area contributed by atoms with Crippen LogP contribution >= 0.6 is 0 Å². The first kappa shape index (κ1) is 14.0. The van der Waals surface area contributed by atoms with E-state index in [2.05, 4.69) is 18.7 Å². The summed E-state index contributed by atoms with van der Waals surface area (Å²) in [5, 5.41) is 0. The van der Waals surface area contributed by atoms with Gasteiger partial charge in [0.1, 0.15) is 11.9 Å². The number of methoxy groups -OCH3 is 1. The number of benzene rings is 1. The summed E-state index contributed by atoms with van der Waals surface area (Å²) in [6.07, 6.45) is -0.396. The first-order chi connectivity index (χ1) is 9.13. The Morgan fingerprint density at radius 1 is 1.42 bits per heavy atom. The lowest BCUT2D eigenvalue weighted by Crippen LogP contribution is -2.48. The zero-order chi connectivity index (χ0) is 13.8. The van der Waals surface area contributed by atoms with Crippen LogP contribution in [0.4, 0.5) is 0 Å². The molecule has 1 aromatic rings. The minimum Gasteiger partial charge on any atom is -0.496 e. The zero-order valence-electron chi connectivity index (χ0n) is 11.8. The van der Waals surface area contributed by atoms with Gasteiger partial charge < -0.3 is 9.47 Å². The molecular weight excluding hydrogens is 242 g/mol. The van der Waals surface area contributed by atoms with E-state index >= 15 is 0 Å². The third kappa shape index (κ3) is 3.14. The second-order valence-corrected chi connectivity index (χ2v) is 5.01. The van der Waals surface area contributed by atoms with Crippen LogP contribution < -0.4 is 4.74 Å². The maximum Gasteiger partial charge on any atom is 0.196 e. The van der Waals surface area contributed by atoms with Crippen molar-refractivity contribution in [1.29, 1.82) is 0 Å². The second kappa shape index (κ2) is 6.17. The number of rotatable bonds is 4. The normalized spacial score (nSPS) is 20.5. The fourth-order valence-corrected chi connectivity index (χ4v) is 2.32. The van der Waals surface area contributed by atoms with Gasteiger partial charge in [-0.2, -0.15) is 0 Å². The molecule has 1 saturated heterocycles. The molecule has 1 heterocycles. The van der Waals surface area contributed by atoms with Gasteiger partial charge in [-0.25, -0.2) is 0 Å². The number of hydrogen-bond donors (Lipinski definition) is 0. The fraction of sp³-hybridized carbons (Fsp3) is 0.533. The number of Topliss-reactive ketones (excluding diaryl/α,β-unsaturated/α-hetero) is 1. The molecule has 0 saturated carbocycles. The van der Waals surface area contributed by atoms with Crippen LogP contribution in [0.25, 0.3) is 0 Å². The van der Waals surface area contributed by atoms with Crippen molar-refractivity contribution in [2.24, 2.45) is 0 Å². The van der Waals surface area contributed by atoms with Gasteiger partial charge in [0.2, 0.25) is 0 Å². The molecule has 1 aromatic carbocycles. The van der Waals surface area contributed by atoms with Gasteiger partial charge in [-0.3, -0.25) is 9.69 Å². The highest BCUT2D eigenvalue weighted by Gasteiger charge is 2.29. The van der Waals surface area contributed by atoms with E-state index in [4.69, 9.17) is 9.47 Å². The van der Waals surface area contributed by atoms with E-state index in [0.29, 0.717) is 30.5 Å². The number of nitrogens with zero attached hydrogens (tertiary/aromatic N) is 1. The summed E-state index contributed by atoms with van der Waals surface area (Å²) in [6.45, 7) is 6.40. The SMILES string of the molecule is COc1ccccc1C(=O)C1CN(C(C)C)CCO1. The zero-order valence-corrected chi connectivity index (χ0v) is 11.8. The van der Waals surface area contributed by atoms with Crippen molar-refractivity contribution in [3.63, 3.8) is 0 Å². The molecule has 1 atom stereocenters. The molecule has 0 radical (unpaired) electrons. The standard InChI is InChI=1S/C15H21NO3/c1-11(2)16-8-9-19-14(10-16)15(17)12-6-4-5-7-13(12)18-3/h4-7,11,14H,8-10H2,1-3H3. The number of morpholine rings is 1. The van der Waals surface area contributed by atoms with Crippen molar-refractivity contribution < 1.29 is 14.3 Å². The molecule has 1 unspecified atom stereocenters. The van der Waals surface area contributed by atoms with Crippen LogP contribution in [0.1, 0.15) is 24.2 Å². The van der Waals surface area contributed by atoms with Crippen LogP contribution in [-0.2, 0) is 4.74 Å². The summed E-state index contributed by atoms with van der Waals surface area (Å²) < 4.78 is 10.9. The van der Waals surface area contributed by atoms with E-state index in [1.54, 1.807) is 19.2 Å². The molecule has 0 aliphatic carbocycles. The Morgan fingerprint density at radius 2 is 2.16 bits per heavy atom. The highest BCUT2D eigenvalue weighted by molar-refractivity contribution is 6.02. The molecule has 0 aromatic heterocycles. The van der Waals surface area contributed by atoms with Gasteiger partial charge >= 0.3 is 0 Å². The van der Waals surface area contributed by atoms with E-state index in [-0.39, 0.29) is 5.78 Å². The Balaban J connectivity index is 2.15. The molecule has 19 heavy (non-hydrogen) atoms. The molecule has 1 fully saturated rings. The van der Waals surface area contributed by atoms with Gasteiger partial charge in [-0.1, -0.05) is 12.1 Å². The summed E-state index contributed by atoms with van der Waals surface area (Å²) >= 11 is 0. The summed E-state index contributed by atoms with van der Waals surface area (Å²) in [6, 6.07) is 7.72. The van der Waals surface area contributed by atoms with E-state index < -0.39 is 6.10 Å². The van der Waals surface area contributed by atoms with E-state index in [1.165, 1.54) is 0 Å². The molecule has 2 rings (SSSR count). The third-order valence-corrected chi connectivity index (χ3v) is 3.49. The van der Waals surface area contributed by atoms with Crippen molar-refractivity contribution >= 4 is 5.78 Å². The van der Waals surface area contributed by atoms with Gasteiger partial charge in [-0.15, -0.1) is 0 Å². The highest BCUT2D eigenvalue weighted by atomic mass is 16.5. The van der Waals surface area contributed by atoms with Gasteiger partial charge in [0.15, 0.2) is 5.78 Å². The Hall–Kier alpha value is -1.39. The molecule has 0 N–H and O–H groups in total. The van der Waals surface area contributed by atoms with Gasteiger partial charge in [-0.05, 0) is 26.0 Å². The lowest BCUT2D eigenvalue weighted by molar-refractivity contribution is -0.0257.